The topological polar surface area (TPSA) is 122 Å². The second-order valence-electron chi connectivity index (χ2n) is 8.41. The van der Waals surface area contributed by atoms with Crippen LogP contribution in [0.15, 0.2) is 30.3 Å². The van der Waals surface area contributed by atoms with Gasteiger partial charge >= 0.3 is 0 Å². The Morgan fingerprint density at radius 3 is 2.85 bits per heavy atom. The van der Waals surface area contributed by atoms with Crippen molar-refractivity contribution in [3.8, 4) is 23.2 Å². The number of carbonyl (C=O) groups is 2. The molecule has 172 valence electrons. The number of nitrogens with two attached hydrogens (primary N) is 1. The quantitative estimate of drug-likeness (QED) is 0.648. The van der Waals surface area contributed by atoms with Gasteiger partial charge in [0.25, 0.3) is 11.8 Å². The fourth-order valence-corrected chi connectivity index (χ4v) is 4.22. The van der Waals surface area contributed by atoms with Crippen LogP contribution in [0.2, 0.25) is 0 Å². The lowest BCUT2D eigenvalue weighted by Gasteiger charge is -2.25. The monoisotopic (exact) mass is 449 g/mol. The van der Waals surface area contributed by atoms with Crippen molar-refractivity contribution in [2.24, 2.45) is 5.73 Å². The molecule has 0 aliphatic carbocycles. The van der Waals surface area contributed by atoms with Gasteiger partial charge in [-0.05, 0) is 25.0 Å². The fourth-order valence-electron chi connectivity index (χ4n) is 4.22. The summed E-state index contributed by atoms with van der Waals surface area (Å²) < 4.78 is 5.34. The minimum absolute atomic E-state index is 0.128. The Morgan fingerprint density at radius 2 is 2.15 bits per heavy atom. The third-order valence-corrected chi connectivity index (χ3v) is 6.04. The summed E-state index contributed by atoms with van der Waals surface area (Å²) in [5, 5.41) is 10.5. The summed E-state index contributed by atoms with van der Waals surface area (Å²) in [7, 11) is 3.30. The molecule has 2 aromatic rings. The number of likely N-dealkylation sites (tertiary alicyclic amines) is 1. The summed E-state index contributed by atoms with van der Waals surface area (Å²) >= 11 is 0. The molecule has 0 bridgehead atoms. The Balaban J connectivity index is 1.68. The molecule has 0 spiro atoms. The van der Waals surface area contributed by atoms with Crippen molar-refractivity contribution in [2.45, 2.75) is 30.9 Å². The Labute approximate surface area is 192 Å². The molecule has 0 saturated carbocycles. The standard InChI is InChI=1S/C24H27N5O4/c1-28-12-10-24(32,23(28)31)9-8-16-5-3-6-17(13-16)22-26-19(21(25)30)14-20(27-22)29-11-4-7-18(29)15-33-2/h3,5-6,13-14,18,32H,4,7,10-12,15H2,1-2H3,(H2,25,30)/t18?,24-/m0/s1. The molecular formula is C24H27N5O4. The van der Waals surface area contributed by atoms with Crippen LogP contribution in [0.1, 0.15) is 35.3 Å². The number of anilines is 1. The first-order chi connectivity index (χ1) is 15.8. The first-order valence-electron chi connectivity index (χ1n) is 10.9. The number of carbonyl (C=O) groups excluding carboxylic acids is 2. The average molecular weight is 450 g/mol. The first kappa shape index (κ1) is 22.7. The number of aliphatic hydroxyl groups is 1. The summed E-state index contributed by atoms with van der Waals surface area (Å²) in [4.78, 5) is 36.8. The van der Waals surface area contributed by atoms with E-state index in [1.165, 1.54) is 4.90 Å². The summed E-state index contributed by atoms with van der Waals surface area (Å²) in [6.45, 7) is 1.82. The molecule has 1 aromatic carbocycles. The molecule has 9 nitrogen and oxygen atoms in total. The highest BCUT2D eigenvalue weighted by atomic mass is 16.5. The maximum Gasteiger partial charge on any atom is 0.267 e. The van der Waals surface area contributed by atoms with Crippen LogP contribution in [0.25, 0.3) is 11.4 Å². The van der Waals surface area contributed by atoms with E-state index in [1.54, 1.807) is 38.4 Å². The SMILES string of the molecule is COCC1CCCN1c1cc(C(N)=O)nc(-c2cccc(C#C[C@]3(O)CCN(C)C3=O)c2)n1. The maximum atomic E-state index is 12.2. The smallest absolute Gasteiger partial charge is 0.267 e. The molecule has 3 heterocycles. The number of rotatable bonds is 5. The number of hydrogen-bond acceptors (Lipinski definition) is 7. The zero-order valence-corrected chi connectivity index (χ0v) is 18.7. The van der Waals surface area contributed by atoms with Gasteiger partial charge in [0.05, 0.1) is 12.6 Å². The number of likely N-dealkylation sites (N-methyl/N-ethyl adjacent to an activating group) is 1. The predicted octanol–water partition coefficient (Wildman–Crippen LogP) is 0.802. The van der Waals surface area contributed by atoms with Crippen LogP contribution in [0.5, 0.6) is 0 Å². The number of aromatic nitrogens is 2. The van der Waals surface area contributed by atoms with Gasteiger partial charge in [-0.15, -0.1) is 0 Å². The van der Waals surface area contributed by atoms with E-state index >= 15 is 0 Å². The number of hydrogen-bond donors (Lipinski definition) is 2. The van der Waals surface area contributed by atoms with E-state index in [-0.39, 0.29) is 18.2 Å². The Bertz CT molecular complexity index is 1140. The molecule has 2 aliphatic rings. The van der Waals surface area contributed by atoms with Crippen LogP contribution < -0.4 is 10.6 Å². The molecule has 0 radical (unpaired) electrons. The van der Waals surface area contributed by atoms with E-state index in [9.17, 15) is 14.7 Å². The molecule has 4 rings (SSSR count). The third-order valence-electron chi connectivity index (χ3n) is 6.04. The highest BCUT2D eigenvalue weighted by molar-refractivity contribution is 5.92. The van der Waals surface area contributed by atoms with Crippen LogP contribution >= 0.6 is 0 Å². The fraction of sp³-hybridized carbons (Fsp3) is 0.417. The van der Waals surface area contributed by atoms with Crippen molar-refractivity contribution < 1.29 is 19.4 Å². The van der Waals surface area contributed by atoms with E-state index in [0.29, 0.717) is 35.9 Å². The average Bonchev–Trinajstić information content (AvgIpc) is 3.38. The lowest BCUT2D eigenvalue weighted by atomic mass is 10.0. The summed E-state index contributed by atoms with van der Waals surface area (Å²) in [6, 6.07) is 8.92. The van der Waals surface area contributed by atoms with Gasteiger partial charge in [0.15, 0.2) is 5.82 Å². The predicted molar refractivity (Wildman–Crippen MR) is 122 cm³/mol. The third kappa shape index (κ3) is 4.67. The number of methoxy groups -OCH3 is 1. The number of benzene rings is 1. The maximum absolute atomic E-state index is 12.2. The van der Waals surface area contributed by atoms with Gasteiger partial charge in [0.1, 0.15) is 11.5 Å². The number of ether oxygens (including phenoxy) is 1. The van der Waals surface area contributed by atoms with Crippen LogP contribution in [0.3, 0.4) is 0 Å². The van der Waals surface area contributed by atoms with Crippen molar-refractivity contribution in [3.63, 3.8) is 0 Å². The second-order valence-corrected chi connectivity index (χ2v) is 8.41. The van der Waals surface area contributed by atoms with E-state index in [1.807, 2.05) is 6.07 Å². The van der Waals surface area contributed by atoms with Crippen LogP contribution in [0, 0.1) is 11.8 Å². The number of amides is 2. The molecule has 33 heavy (non-hydrogen) atoms. The van der Waals surface area contributed by atoms with E-state index in [4.69, 9.17) is 15.5 Å². The molecule has 2 saturated heterocycles. The highest BCUT2D eigenvalue weighted by Crippen LogP contribution is 2.27. The minimum atomic E-state index is -1.67. The lowest BCUT2D eigenvalue weighted by Crippen LogP contribution is -2.37. The largest absolute Gasteiger partial charge is 0.383 e. The van der Waals surface area contributed by atoms with Gasteiger partial charge in [-0.2, -0.15) is 0 Å². The van der Waals surface area contributed by atoms with Gasteiger partial charge < -0.3 is 25.4 Å². The molecular weight excluding hydrogens is 422 g/mol. The molecule has 1 unspecified atom stereocenters. The van der Waals surface area contributed by atoms with Crippen molar-refractivity contribution >= 4 is 17.6 Å². The van der Waals surface area contributed by atoms with Crippen molar-refractivity contribution in [1.82, 2.24) is 14.9 Å². The number of nitrogens with zero attached hydrogens (tertiary/aromatic N) is 4. The Hall–Kier alpha value is -3.48. The lowest BCUT2D eigenvalue weighted by molar-refractivity contribution is -0.137. The Kier molecular flexibility index (Phi) is 6.31. The first-order valence-corrected chi connectivity index (χ1v) is 10.9. The van der Waals surface area contributed by atoms with Crippen molar-refractivity contribution in [3.05, 3.63) is 41.6 Å². The van der Waals surface area contributed by atoms with Crippen LogP contribution in [-0.2, 0) is 9.53 Å². The number of primary amides is 1. The summed E-state index contributed by atoms with van der Waals surface area (Å²) in [6.07, 6.45) is 2.24. The van der Waals surface area contributed by atoms with Crippen LogP contribution in [0.4, 0.5) is 5.82 Å². The molecule has 3 N–H and O–H groups in total. The molecule has 2 fully saturated rings. The van der Waals surface area contributed by atoms with Crippen molar-refractivity contribution in [1.29, 1.82) is 0 Å². The van der Waals surface area contributed by atoms with E-state index in [2.05, 4.69) is 21.7 Å². The van der Waals surface area contributed by atoms with Gasteiger partial charge in [0, 0.05) is 50.9 Å². The van der Waals surface area contributed by atoms with Gasteiger partial charge in [-0.1, -0.05) is 24.0 Å². The van der Waals surface area contributed by atoms with Crippen molar-refractivity contribution in [2.75, 3.05) is 38.8 Å². The molecule has 2 aliphatic heterocycles. The summed E-state index contributed by atoms with van der Waals surface area (Å²) in [5.41, 5.74) is 5.25. The minimum Gasteiger partial charge on any atom is -0.383 e. The van der Waals surface area contributed by atoms with Crippen LogP contribution in [-0.4, -0.2) is 77.3 Å². The van der Waals surface area contributed by atoms with Gasteiger partial charge in [-0.25, -0.2) is 9.97 Å². The van der Waals surface area contributed by atoms with Gasteiger partial charge in [0.2, 0.25) is 5.60 Å². The zero-order chi connectivity index (χ0) is 23.6. The van der Waals surface area contributed by atoms with E-state index in [0.717, 1.165) is 19.4 Å². The van der Waals surface area contributed by atoms with E-state index < -0.39 is 17.4 Å². The molecule has 2 atom stereocenters. The normalized spacial score (nSPS) is 22.4. The Morgan fingerprint density at radius 1 is 1.33 bits per heavy atom. The highest BCUT2D eigenvalue weighted by Gasteiger charge is 2.42. The molecule has 9 heteroatoms. The van der Waals surface area contributed by atoms with Gasteiger partial charge in [-0.3, -0.25) is 9.59 Å². The summed E-state index contributed by atoms with van der Waals surface area (Å²) in [5.74, 6) is 5.55. The molecule has 2 amide bonds. The second kappa shape index (κ2) is 9.17. The molecule has 1 aromatic heterocycles. The zero-order valence-electron chi connectivity index (χ0n) is 18.7.